The number of carbonyl (C=O) groups excluding carboxylic acids is 12. The summed E-state index contributed by atoms with van der Waals surface area (Å²) in [7, 11) is 0. The van der Waals surface area contributed by atoms with Crippen molar-refractivity contribution in [2.45, 2.75) is 119 Å². The van der Waals surface area contributed by atoms with Crippen LogP contribution in [0.1, 0.15) is 68.9 Å². The van der Waals surface area contributed by atoms with Gasteiger partial charge in [0.05, 0.1) is 24.8 Å². The summed E-state index contributed by atoms with van der Waals surface area (Å²) in [5, 5.41) is 47.9. The molecule has 12 amide bonds. The van der Waals surface area contributed by atoms with Gasteiger partial charge in [0.2, 0.25) is 59.1 Å². The third-order valence-electron chi connectivity index (χ3n) is 11.7. The van der Waals surface area contributed by atoms with E-state index in [4.69, 9.17) is 11.5 Å². The number of thioether (sulfide) groups is 1. The number of fused-ring (bicyclic) bond motifs is 31. The van der Waals surface area contributed by atoms with Crippen molar-refractivity contribution < 1.29 is 82.4 Å². The van der Waals surface area contributed by atoms with Gasteiger partial charge in [-0.3, -0.25) is 67.1 Å². The van der Waals surface area contributed by atoms with E-state index in [1.165, 1.54) is 30.5 Å². The Morgan fingerprint density at radius 2 is 1.15 bits per heavy atom. The third-order valence-corrected chi connectivity index (χ3v) is 12.8. The van der Waals surface area contributed by atoms with E-state index in [0.717, 1.165) is 11.8 Å². The molecule has 29 nitrogen and oxygen atoms in total. The molecule has 79 heavy (non-hydrogen) atoms. The fraction of sp³-hybridized carbons (Fsp3) is 0.429. The number of carboxylic acids is 2. The van der Waals surface area contributed by atoms with Crippen molar-refractivity contribution in [3.63, 3.8) is 0 Å². The van der Waals surface area contributed by atoms with Crippen LogP contribution in [0.4, 0.5) is 0 Å². The number of benzene rings is 2. The highest BCUT2D eigenvalue weighted by molar-refractivity contribution is 8.00. The highest BCUT2D eigenvalue weighted by atomic mass is 32.2. The molecule has 0 fully saturated rings. The molecule has 0 saturated carbocycles. The van der Waals surface area contributed by atoms with Gasteiger partial charge in [0.1, 0.15) is 54.1 Å². The van der Waals surface area contributed by atoms with Gasteiger partial charge in [0.15, 0.2) is 0 Å². The molecule has 3 aliphatic heterocycles. The molecule has 3 heterocycles. The summed E-state index contributed by atoms with van der Waals surface area (Å²) in [6.45, 7) is 0. The summed E-state index contributed by atoms with van der Waals surface area (Å²) in [6, 6.07) is -0.581. The summed E-state index contributed by atoms with van der Waals surface area (Å²) < 4.78 is 0. The number of aliphatic carboxylic acids is 2. The van der Waals surface area contributed by atoms with E-state index in [-0.39, 0.29) is 42.7 Å². The maximum Gasteiger partial charge on any atom is 0.305 e. The zero-order valence-corrected chi connectivity index (χ0v) is 43.0. The van der Waals surface area contributed by atoms with Crippen LogP contribution in [0, 0.1) is 0 Å². The Morgan fingerprint density at radius 3 is 1.77 bits per heavy atom. The van der Waals surface area contributed by atoms with Crippen LogP contribution in [0.25, 0.3) is 0 Å². The first-order valence-corrected chi connectivity index (χ1v) is 25.6. The van der Waals surface area contributed by atoms with E-state index in [9.17, 15) is 82.4 Å². The van der Waals surface area contributed by atoms with Gasteiger partial charge in [-0.1, -0.05) is 42.5 Å². The lowest BCUT2D eigenvalue weighted by atomic mass is 10.0. The van der Waals surface area contributed by atoms with Crippen LogP contribution in [-0.2, 0) is 80.0 Å². The van der Waals surface area contributed by atoms with Gasteiger partial charge >= 0.3 is 11.9 Å². The molecule has 2 aromatic carbocycles. The highest BCUT2D eigenvalue weighted by Crippen LogP contribution is 2.14. The van der Waals surface area contributed by atoms with Gasteiger partial charge < -0.3 is 69.3 Å². The number of carbonyl (C=O) groups is 14. The largest absolute Gasteiger partial charge is 0.508 e. The summed E-state index contributed by atoms with van der Waals surface area (Å²) in [6.07, 6.45) is -3.72. The molecule has 30 heteroatoms. The smallest absolute Gasteiger partial charge is 0.305 e. The molecule has 8 atom stereocenters. The predicted octanol–water partition coefficient (Wildman–Crippen LogP) is -4.34. The van der Waals surface area contributed by atoms with Crippen LogP contribution in [0.5, 0.6) is 5.75 Å². The van der Waals surface area contributed by atoms with Crippen molar-refractivity contribution in [1.29, 1.82) is 0 Å². The molecule has 0 unspecified atom stereocenters. The first-order valence-electron chi connectivity index (χ1n) is 24.4. The first-order chi connectivity index (χ1) is 37.5. The maximum atomic E-state index is 14.2. The van der Waals surface area contributed by atoms with Gasteiger partial charge in [-0.25, -0.2) is 9.98 Å². The number of phenolic OH excluding ortho intramolecular Hbond substituents is 1. The zero-order chi connectivity index (χ0) is 58.2. The molecule has 0 spiro atoms. The quantitative estimate of drug-likeness (QED) is 0.0894. The predicted molar refractivity (Wildman–Crippen MR) is 277 cm³/mol. The van der Waals surface area contributed by atoms with Crippen molar-refractivity contribution in [3.05, 3.63) is 65.7 Å². The number of carboxylic acid groups (broad SMARTS) is 2. The topological polar surface area (TPSA) is 473 Å². The van der Waals surface area contributed by atoms with Crippen LogP contribution < -0.4 is 54.0 Å². The lowest BCUT2D eigenvalue weighted by Crippen LogP contribution is -2.60. The summed E-state index contributed by atoms with van der Waals surface area (Å²) in [5.74, 6) is -17.7. The molecule has 2 bridgehead atoms. The average Bonchev–Trinajstić information content (AvgIpc) is 3.38. The van der Waals surface area contributed by atoms with E-state index >= 15 is 0 Å². The van der Waals surface area contributed by atoms with Crippen LogP contribution >= 0.6 is 11.8 Å². The second-order valence-electron chi connectivity index (χ2n) is 18.0. The highest BCUT2D eigenvalue weighted by Gasteiger charge is 2.36. The monoisotopic (exact) mass is 1120 g/mol. The minimum absolute atomic E-state index is 0.0256. The van der Waals surface area contributed by atoms with Crippen molar-refractivity contribution in [2.24, 2.45) is 21.5 Å². The number of primary amides is 2. The summed E-state index contributed by atoms with van der Waals surface area (Å²) in [4.78, 5) is 194. The molecule has 0 aromatic heterocycles. The van der Waals surface area contributed by atoms with E-state index in [2.05, 4.69) is 52.5 Å². The Hall–Kier alpha value is -9.09. The second kappa shape index (κ2) is 31.2. The molecule has 0 radical (unpaired) electrons. The number of nitrogens with two attached hydrogens (primary N) is 2. The standard InChI is InChI=1S/C49H60N12O17S/c50-36(63)20-33-48(77)57-30-13-15-37(64)52-17-5-4-8-28(54-39(66)24-79-23-35(42(51)71)61-45(30)74)44(73)58-32(18-25-6-2-1-3-7-25)47(76)56-29(14-16-40(67)68)43(72)53-22-38(65)55-31(19-26-9-11-27(62)12-10-26)46(75)60-34(21-41(69)70)49(78)59-33/h1-3,6-7,9-12,17,22,28-35,62H,4-5,8,13-16,18-21,23-24H2,(H2,50,63)(H2,51,71)(H,54,66)(H,55,65)(H,56,76)(H,57,77)(H,58,73)(H,59,78)(H,60,75)(H,61,74)(H,67,68)(H,69,70)/t28-,29-,30-,31-,32-,33-,34-,35-/m0/s1. The number of aromatic hydroxyl groups is 1. The van der Waals surface area contributed by atoms with Crippen LogP contribution in [0.15, 0.2) is 64.6 Å². The second-order valence-corrected chi connectivity index (χ2v) is 19.0. The van der Waals surface area contributed by atoms with Crippen molar-refractivity contribution in [3.8, 4) is 5.75 Å². The number of nitrogens with one attached hydrogen (secondary N) is 8. The SMILES string of the molecule is NC(=O)C[C@@H]1NC(=O)[C@H](CC(=O)O)NC(=O)[C@H](Cc2ccc(O)cc2)NC(=O)C=NC(=O)[C@H](CCC(=O)O)NC(=O)[C@H](Cc2ccccc2)NC(=O)[C@@H]2CCCC=NC(=O)CC[C@H](NC1=O)C(=O)N[C@H](C(N)=O)CSCC(=O)N2. The molecule has 0 saturated heterocycles. The van der Waals surface area contributed by atoms with Crippen LogP contribution in [0.3, 0.4) is 0 Å². The fourth-order valence-corrected chi connectivity index (χ4v) is 8.53. The van der Waals surface area contributed by atoms with Gasteiger partial charge in [0, 0.05) is 37.7 Å². The first kappa shape index (κ1) is 62.4. The molecular weight excluding hydrogens is 1060 g/mol. The molecule has 3 aliphatic rings. The van der Waals surface area contributed by atoms with Gasteiger partial charge in [-0.2, -0.15) is 0 Å². The van der Waals surface area contributed by atoms with Crippen LogP contribution in [0.2, 0.25) is 0 Å². The lowest BCUT2D eigenvalue weighted by molar-refractivity contribution is -0.142. The van der Waals surface area contributed by atoms with Crippen molar-refractivity contribution >= 4 is 107 Å². The number of nitrogens with zero attached hydrogens (tertiary/aromatic N) is 2. The van der Waals surface area contributed by atoms with E-state index in [1.807, 2.05) is 0 Å². The molecule has 2 aromatic rings. The molecule has 5 rings (SSSR count). The molecule has 0 aliphatic carbocycles. The summed E-state index contributed by atoms with van der Waals surface area (Å²) >= 11 is 0.773. The van der Waals surface area contributed by atoms with Crippen molar-refractivity contribution in [2.75, 3.05) is 11.5 Å². The fourth-order valence-electron chi connectivity index (χ4n) is 7.66. The Balaban J connectivity index is 1.86. The zero-order valence-electron chi connectivity index (χ0n) is 42.2. The molecule has 424 valence electrons. The summed E-state index contributed by atoms with van der Waals surface area (Å²) in [5.41, 5.74) is 11.7. The minimum atomic E-state index is -2.10. The van der Waals surface area contributed by atoms with Gasteiger partial charge in [-0.15, -0.1) is 11.8 Å². The number of phenols is 1. The number of aliphatic imine (C=N–C) groups is 2. The molecule has 15 N–H and O–H groups in total. The lowest BCUT2D eigenvalue weighted by Gasteiger charge is -2.26. The number of amides is 12. The molecular formula is C49H60N12O17S. The Bertz CT molecular complexity index is 2690. The number of hydrogen-bond donors (Lipinski definition) is 13. The van der Waals surface area contributed by atoms with Gasteiger partial charge in [0.25, 0.3) is 11.8 Å². The number of hydrogen-bond acceptors (Lipinski definition) is 16. The third kappa shape index (κ3) is 22.2. The Kier molecular flexibility index (Phi) is 24.7. The minimum Gasteiger partial charge on any atom is -0.508 e. The van der Waals surface area contributed by atoms with Gasteiger partial charge in [-0.05, 0) is 55.4 Å². The van der Waals surface area contributed by atoms with Crippen molar-refractivity contribution in [1.82, 2.24) is 42.5 Å². The Labute approximate surface area is 454 Å². The normalized spacial score (nSPS) is 24.3. The van der Waals surface area contributed by atoms with E-state index < -0.39 is 182 Å². The number of rotatable bonds is 12. The Morgan fingerprint density at radius 1 is 0.595 bits per heavy atom. The van der Waals surface area contributed by atoms with Crippen LogP contribution in [-0.4, -0.2) is 170 Å². The average molecular weight is 1120 g/mol. The van der Waals surface area contributed by atoms with E-state index in [1.54, 1.807) is 30.3 Å². The maximum absolute atomic E-state index is 14.2. The van der Waals surface area contributed by atoms with E-state index in [0.29, 0.717) is 11.8 Å².